The molecular weight excluding hydrogens is 360 g/mol. The lowest BCUT2D eigenvalue weighted by molar-refractivity contribution is -0.132. The highest BCUT2D eigenvalue weighted by molar-refractivity contribution is 5.93. The van der Waals surface area contributed by atoms with E-state index in [9.17, 15) is 14.4 Å². The predicted molar refractivity (Wildman–Crippen MR) is 103 cm³/mol. The van der Waals surface area contributed by atoms with E-state index in [1.54, 1.807) is 41.3 Å². The van der Waals surface area contributed by atoms with Crippen LogP contribution in [0.4, 0.5) is 5.69 Å². The van der Waals surface area contributed by atoms with E-state index in [1.807, 2.05) is 0 Å². The van der Waals surface area contributed by atoms with Crippen LogP contribution >= 0.6 is 0 Å². The summed E-state index contributed by atoms with van der Waals surface area (Å²) in [5.41, 5.74) is 1.30. The van der Waals surface area contributed by atoms with Gasteiger partial charge in [0, 0.05) is 24.8 Å². The Kier molecular flexibility index (Phi) is 6.26. The minimum absolute atomic E-state index is 0.0284. The van der Waals surface area contributed by atoms with Gasteiger partial charge in [-0.15, -0.1) is 0 Å². The van der Waals surface area contributed by atoms with Crippen LogP contribution in [-0.4, -0.2) is 47.5 Å². The van der Waals surface area contributed by atoms with Crippen molar-refractivity contribution in [1.82, 2.24) is 4.90 Å². The predicted octanol–water partition coefficient (Wildman–Crippen LogP) is 2.57. The van der Waals surface area contributed by atoms with Crippen molar-refractivity contribution in [3.63, 3.8) is 0 Å². The number of carboxylic acids is 1. The molecule has 2 N–H and O–H groups in total. The number of carbonyl (C=O) groups is 3. The van der Waals surface area contributed by atoms with Gasteiger partial charge in [0.25, 0.3) is 5.91 Å². The van der Waals surface area contributed by atoms with E-state index in [-0.39, 0.29) is 30.4 Å². The Bertz CT molecular complexity index is 875. The standard InChI is InChI=1S/C21H22N2O5/c24-19(12-15-5-3-6-16(11-15)21(26)27)22-17-7-4-8-18(13-17)28-14-20(25)23-9-1-2-10-23/h3-8,11,13H,1-2,9-10,12,14H2,(H,22,24)(H,26,27). The fourth-order valence-electron chi connectivity index (χ4n) is 3.07. The molecule has 1 aliphatic heterocycles. The molecule has 0 saturated carbocycles. The molecule has 146 valence electrons. The number of ether oxygens (including phenoxy) is 1. The number of aromatic carboxylic acids is 1. The third-order valence-corrected chi connectivity index (χ3v) is 4.48. The number of hydrogen-bond acceptors (Lipinski definition) is 4. The summed E-state index contributed by atoms with van der Waals surface area (Å²) in [5.74, 6) is -0.841. The summed E-state index contributed by atoms with van der Waals surface area (Å²) in [6.07, 6.45) is 2.12. The quantitative estimate of drug-likeness (QED) is 0.767. The second-order valence-corrected chi connectivity index (χ2v) is 6.63. The number of rotatable bonds is 7. The second-order valence-electron chi connectivity index (χ2n) is 6.63. The van der Waals surface area contributed by atoms with E-state index in [2.05, 4.69) is 5.32 Å². The third kappa shape index (κ3) is 5.33. The van der Waals surface area contributed by atoms with Gasteiger partial charge in [0.05, 0.1) is 12.0 Å². The summed E-state index contributed by atoms with van der Waals surface area (Å²) in [6.45, 7) is 1.53. The molecule has 1 saturated heterocycles. The van der Waals surface area contributed by atoms with Gasteiger partial charge in [-0.3, -0.25) is 9.59 Å². The molecule has 2 aromatic carbocycles. The van der Waals surface area contributed by atoms with Crippen LogP contribution in [0.25, 0.3) is 0 Å². The summed E-state index contributed by atoms with van der Waals surface area (Å²) in [7, 11) is 0. The molecule has 0 aliphatic carbocycles. The molecule has 2 amide bonds. The van der Waals surface area contributed by atoms with Crippen molar-refractivity contribution in [1.29, 1.82) is 0 Å². The van der Waals surface area contributed by atoms with Gasteiger partial charge in [-0.2, -0.15) is 0 Å². The molecular formula is C21H22N2O5. The number of benzene rings is 2. The summed E-state index contributed by atoms with van der Waals surface area (Å²) in [4.78, 5) is 37.1. The van der Waals surface area contributed by atoms with Crippen LogP contribution in [0, 0.1) is 0 Å². The Labute approximate surface area is 162 Å². The van der Waals surface area contributed by atoms with Gasteiger partial charge in [0.15, 0.2) is 6.61 Å². The normalized spacial score (nSPS) is 13.2. The third-order valence-electron chi connectivity index (χ3n) is 4.48. The van der Waals surface area contributed by atoms with Crippen LogP contribution in [0.1, 0.15) is 28.8 Å². The largest absolute Gasteiger partial charge is 0.484 e. The SMILES string of the molecule is O=C(Cc1cccc(C(=O)O)c1)Nc1cccc(OCC(=O)N2CCCC2)c1. The minimum Gasteiger partial charge on any atom is -0.484 e. The molecule has 1 fully saturated rings. The molecule has 7 heteroatoms. The van der Waals surface area contributed by atoms with E-state index in [0.717, 1.165) is 25.9 Å². The highest BCUT2D eigenvalue weighted by Gasteiger charge is 2.18. The van der Waals surface area contributed by atoms with Crippen LogP contribution in [0.2, 0.25) is 0 Å². The first-order chi connectivity index (χ1) is 13.5. The zero-order chi connectivity index (χ0) is 19.9. The Balaban J connectivity index is 1.54. The Morgan fingerprint density at radius 1 is 1.04 bits per heavy atom. The van der Waals surface area contributed by atoms with E-state index < -0.39 is 5.97 Å². The van der Waals surface area contributed by atoms with Crippen LogP contribution in [0.3, 0.4) is 0 Å². The number of amides is 2. The summed E-state index contributed by atoms with van der Waals surface area (Å²) in [6, 6.07) is 13.1. The van der Waals surface area contributed by atoms with Gasteiger partial charge >= 0.3 is 5.97 Å². The summed E-state index contributed by atoms with van der Waals surface area (Å²) >= 11 is 0. The molecule has 3 rings (SSSR count). The van der Waals surface area contributed by atoms with Crippen LogP contribution in [0.15, 0.2) is 48.5 Å². The van der Waals surface area contributed by atoms with Gasteiger partial charge in [-0.05, 0) is 42.7 Å². The zero-order valence-corrected chi connectivity index (χ0v) is 15.4. The molecule has 0 bridgehead atoms. The van der Waals surface area contributed by atoms with Crippen LogP contribution in [0.5, 0.6) is 5.75 Å². The molecule has 0 radical (unpaired) electrons. The second kappa shape index (κ2) is 9.03. The molecule has 0 unspecified atom stereocenters. The first-order valence-electron chi connectivity index (χ1n) is 9.14. The monoisotopic (exact) mass is 382 g/mol. The Hall–Kier alpha value is -3.35. The number of carboxylic acid groups (broad SMARTS) is 1. The average Bonchev–Trinajstić information content (AvgIpc) is 3.21. The fourth-order valence-corrected chi connectivity index (χ4v) is 3.07. The molecule has 1 heterocycles. The van der Waals surface area contributed by atoms with Gasteiger partial charge in [-0.1, -0.05) is 18.2 Å². The molecule has 0 atom stereocenters. The Morgan fingerprint density at radius 3 is 2.54 bits per heavy atom. The smallest absolute Gasteiger partial charge is 0.335 e. The molecule has 28 heavy (non-hydrogen) atoms. The highest BCUT2D eigenvalue weighted by atomic mass is 16.5. The lowest BCUT2D eigenvalue weighted by Gasteiger charge is -2.15. The molecule has 7 nitrogen and oxygen atoms in total. The van der Waals surface area contributed by atoms with Crippen molar-refractivity contribution in [2.75, 3.05) is 25.0 Å². The number of likely N-dealkylation sites (tertiary alicyclic amines) is 1. The van der Waals surface area contributed by atoms with Crippen molar-refractivity contribution in [2.45, 2.75) is 19.3 Å². The molecule has 0 aromatic heterocycles. The maximum Gasteiger partial charge on any atom is 0.335 e. The zero-order valence-electron chi connectivity index (χ0n) is 15.4. The maximum absolute atomic E-state index is 12.3. The van der Waals surface area contributed by atoms with E-state index in [4.69, 9.17) is 9.84 Å². The number of anilines is 1. The van der Waals surface area contributed by atoms with Crippen molar-refractivity contribution in [3.8, 4) is 5.75 Å². The van der Waals surface area contributed by atoms with Crippen molar-refractivity contribution in [3.05, 3.63) is 59.7 Å². The van der Waals surface area contributed by atoms with Crippen LogP contribution in [-0.2, 0) is 16.0 Å². The van der Waals surface area contributed by atoms with Crippen LogP contribution < -0.4 is 10.1 Å². The summed E-state index contributed by atoms with van der Waals surface area (Å²) < 4.78 is 5.56. The topological polar surface area (TPSA) is 95.9 Å². The minimum atomic E-state index is -1.03. The molecule has 2 aromatic rings. The van der Waals surface area contributed by atoms with E-state index >= 15 is 0 Å². The summed E-state index contributed by atoms with van der Waals surface area (Å²) in [5, 5.41) is 11.8. The first kappa shape index (κ1) is 19.4. The van der Waals surface area contributed by atoms with E-state index in [0.29, 0.717) is 17.0 Å². The van der Waals surface area contributed by atoms with Gasteiger partial charge in [0.2, 0.25) is 5.91 Å². The number of carbonyl (C=O) groups excluding carboxylic acids is 2. The van der Waals surface area contributed by atoms with Crippen molar-refractivity contribution in [2.24, 2.45) is 0 Å². The van der Waals surface area contributed by atoms with Crippen molar-refractivity contribution >= 4 is 23.5 Å². The highest BCUT2D eigenvalue weighted by Crippen LogP contribution is 2.18. The average molecular weight is 382 g/mol. The van der Waals surface area contributed by atoms with Gasteiger partial charge in [-0.25, -0.2) is 4.79 Å². The van der Waals surface area contributed by atoms with Gasteiger partial charge < -0.3 is 20.1 Å². The maximum atomic E-state index is 12.3. The number of nitrogens with zero attached hydrogens (tertiary/aromatic N) is 1. The lowest BCUT2D eigenvalue weighted by atomic mass is 10.1. The number of hydrogen-bond donors (Lipinski definition) is 2. The first-order valence-corrected chi connectivity index (χ1v) is 9.14. The molecule has 0 spiro atoms. The number of nitrogens with one attached hydrogen (secondary N) is 1. The lowest BCUT2D eigenvalue weighted by Crippen LogP contribution is -2.32. The molecule has 1 aliphatic rings. The Morgan fingerprint density at radius 2 is 1.79 bits per heavy atom. The van der Waals surface area contributed by atoms with Gasteiger partial charge in [0.1, 0.15) is 5.75 Å². The van der Waals surface area contributed by atoms with Crippen molar-refractivity contribution < 1.29 is 24.2 Å². The van der Waals surface area contributed by atoms with E-state index in [1.165, 1.54) is 12.1 Å². The fraction of sp³-hybridized carbons (Fsp3) is 0.286.